The molecule has 0 radical (unpaired) electrons. The standard InChI is InChI=1S/C12H15O5P/c1-8-11(13)9-6-4-5-7-10(9)12(8,14)18(15,16-2)17-3/h4-8,14H,1-3H3. The van der Waals surface area contributed by atoms with Crippen molar-refractivity contribution in [2.75, 3.05) is 14.2 Å². The first-order valence-electron chi connectivity index (χ1n) is 5.50. The molecule has 0 heterocycles. The summed E-state index contributed by atoms with van der Waals surface area (Å²) in [4.78, 5) is 12.1. The zero-order valence-electron chi connectivity index (χ0n) is 10.4. The van der Waals surface area contributed by atoms with Gasteiger partial charge in [-0.1, -0.05) is 31.2 Å². The molecule has 1 aliphatic carbocycles. The van der Waals surface area contributed by atoms with Crippen LogP contribution in [0.25, 0.3) is 0 Å². The van der Waals surface area contributed by atoms with E-state index < -0.39 is 18.9 Å². The Morgan fingerprint density at radius 3 is 2.39 bits per heavy atom. The highest BCUT2D eigenvalue weighted by Gasteiger charge is 2.61. The van der Waals surface area contributed by atoms with Crippen molar-refractivity contribution in [1.82, 2.24) is 0 Å². The van der Waals surface area contributed by atoms with Gasteiger partial charge in [0, 0.05) is 25.3 Å². The van der Waals surface area contributed by atoms with E-state index in [0.29, 0.717) is 11.1 Å². The van der Waals surface area contributed by atoms with Crippen LogP contribution in [0.4, 0.5) is 0 Å². The van der Waals surface area contributed by atoms with Gasteiger partial charge in [-0.15, -0.1) is 0 Å². The Labute approximate surface area is 105 Å². The van der Waals surface area contributed by atoms with Crippen LogP contribution in [-0.4, -0.2) is 25.1 Å². The van der Waals surface area contributed by atoms with Gasteiger partial charge < -0.3 is 14.2 Å². The van der Waals surface area contributed by atoms with Crippen molar-refractivity contribution in [2.24, 2.45) is 5.92 Å². The largest absolute Gasteiger partial charge is 0.373 e. The van der Waals surface area contributed by atoms with E-state index >= 15 is 0 Å². The van der Waals surface area contributed by atoms with Crippen molar-refractivity contribution in [2.45, 2.75) is 12.3 Å². The molecule has 0 saturated carbocycles. The lowest BCUT2D eigenvalue weighted by Gasteiger charge is -2.33. The van der Waals surface area contributed by atoms with E-state index in [9.17, 15) is 14.5 Å². The Kier molecular flexibility index (Phi) is 3.19. The quantitative estimate of drug-likeness (QED) is 0.852. The molecule has 2 atom stereocenters. The lowest BCUT2D eigenvalue weighted by atomic mass is 10.1. The molecule has 1 aromatic rings. The minimum Gasteiger partial charge on any atom is -0.373 e. The van der Waals surface area contributed by atoms with E-state index in [1.165, 1.54) is 21.1 Å². The average molecular weight is 270 g/mol. The zero-order chi connectivity index (χ0) is 13.6. The van der Waals surface area contributed by atoms with Crippen molar-refractivity contribution in [3.05, 3.63) is 35.4 Å². The maximum Gasteiger partial charge on any atom is 0.366 e. The monoisotopic (exact) mass is 270 g/mol. The smallest absolute Gasteiger partial charge is 0.366 e. The van der Waals surface area contributed by atoms with Crippen LogP contribution in [0, 0.1) is 5.92 Å². The van der Waals surface area contributed by atoms with Crippen molar-refractivity contribution < 1.29 is 23.5 Å². The van der Waals surface area contributed by atoms with Crippen molar-refractivity contribution in [3.8, 4) is 0 Å². The summed E-state index contributed by atoms with van der Waals surface area (Å²) >= 11 is 0. The Bertz CT molecular complexity index is 533. The van der Waals surface area contributed by atoms with Gasteiger partial charge in [0.2, 0.25) is 5.34 Å². The molecule has 2 unspecified atom stereocenters. The van der Waals surface area contributed by atoms with E-state index in [0.717, 1.165) is 0 Å². The summed E-state index contributed by atoms with van der Waals surface area (Å²) in [7, 11) is -1.44. The van der Waals surface area contributed by atoms with Crippen molar-refractivity contribution >= 4 is 13.4 Å². The Hall–Kier alpha value is -1.00. The SMILES string of the molecule is COP(=O)(OC)C1(O)c2ccccc2C(=O)C1C. The van der Waals surface area contributed by atoms with Gasteiger partial charge in [-0.2, -0.15) is 0 Å². The first kappa shape index (κ1) is 13.4. The van der Waals surface area contributed by atoms with Gasteiger partial charge in [0.15, 0.2) is 5.78 Å². The number of hydrogen-bond acceptors (Lipinski definition) is 5. The molecule has 2 rings (SSSR count). The number of rotatable bonds is 3. The summed E-state index contributed by atoms with van der Waals surface area (Å²) in [6.07, 6.45) is 0. The van der Waals surface area contributed by atoms with Gasteiger partial charge in [-0.25, -0.2) is 0 Å². The van der Waals surface area contributed by atoms with E-state index in [4.69, 9.17) is 9.05 Å². The highest BCUT2D eigenvalue weighted by atomic mass is 31.2. The molecule has 0 saturated heterocycles. The van der Waals surface area contributed by atoms with Crippen LogP contribution in [0.1, 0.15) is 22.8 Å². The van der Waals surface area contributed by atoms with E-state index in [2.05, 4.69) is 0 Å². The fourth-order valence-corrected chi connectivity index (χ4v) is 4.19. The second-order valence-corrected chi connectivity index (χ2v) is 6.63. The fraction of sp³-hybridized carbons (Fsp3) is 0.417. The first-order chi connectivity index (χ1) is 8.42. The van der Waals surface area contributed by atoms with Crippen LogP contribution in [0.3, 0.4) is 0 Å². The third-order valence-electron chi connectivity index (χ3n) is 3.48. The molecule has 6 heteroatoms. The Morgan fingerprint density at radius 1 is 1.28 bits per heavy atom. The third kappa shape index (κ3) is 1.45. The van der Waals surface area contributed by atoms with Crippen molar-refractivity contribution in [3.63, 3.8) is 0 Å². The molecule has 1 aliphatic rings. The minimum atomic E-state index is -3.83. The average Bonchev–Trinajstić information content (AvgIpc) is 2.62. The topological polar surface area (TPSA) is 72.8 Å². The number of ketones is 1. The number of benzene rings is 1. The molecular weight excluding hydrogens is 255 g/mol. The van der Waals surface area contributed by atoms with Gasteiger partial charge in [0.05, 0.1) is 5.92 Å². The summed E-state index contributed by atoms with van der Waals surface area (Å²) < 4.78 is 22.3. The van der Waals surface area contributed by atoms with E-state index in [-0.39, 0.29) is 5.78 Å². The van der Waals surface area contributed by atoms with Gasteiger partial charge in [-0.05, 0) is 0 Å². The normalized spacial score (nSPS) is 27.3. The molecule has 0 fully saturated rings. The van der Waals surface area contributed by atoms with E-state index in [1.54, 1.807) is 24.3 Å². The van der Waals surface area contributed by atoms with Crippen LogP contribution < -0.4 is 0 Å². The van der Waals surface area contributed by atoms with Crippen LogP contribution in [0.15, 0.2) is 24.3 Å². The number of Topliss-reactive ketones (excluding diaryl/α,β-unsaturated/α-hetero) is 1. The summed E-state index contributed by atoms with van der Waals surface area (Å²) in [6.45, 7) is 1.52. The Morgan fingerprint density at radius 2 is 1.83 bits per heavy atom. The molecular formula is C12H15O5P. The molecule has 5 nitrogen and oxygen atoms in total. The van der Waals surface area contributed by atoms with Crippen LogP contribution in [0.2, 0.25) is 0 Å². The van der Waals surface area contributed by atoms with Gasteiger partial charge in [0.1, 0.15) is 0 Å². The minimum absolute atomic E-state index is 0.262. The first-order valence-corrected chi connectivity index (χ1v) is 7.04. The summed E-state index contributed by atoms with van der Waals surface area (Å²) in [5, 5.41) is 8.84. The number of carbonyl (C=O) groups is 1. The maximum absolute atomic E-state index is 12.5. The fourth-order valence-electron chi connectivity index (χ4n) is 2.41. The third-order valence-corrected chi connectivity index (χ3v) is 5.91. The van der Waals surface area contributed by atoms with Crippen molar-refractivity contribution in [1.29, 1.82) is 0 Å². The Balaban J connectivity index is 2.72. The number of carbonyl (C=O) groups excluding carboxylic acids is 1. The molecule has 1 aromatic carbocycles. The second-order valence-electron chi connectivity index (χ2n) is 4.22. The molecule has 0 aromatic heterocycles. The molecule has 0 amide bonds. The number of fused-ring (bicyclic) bond motifs is 1. The lowest BCUT2D eigenvalue weighted by Crippen LogP contribution is -2.32. The van der Waals surface area contributed by atoms with Gasteiger partial charge in [0.25, 0.3) is 0 Å². The van der Waals surface area contributed by atoms with Crippen LogP contribution in [0.5, 0.6) is 0 Å². The predicted molar refractivity (Wildman–Crippen MR) is 65.5 cm³/mol. The zero-order valence-corrected chi connectivity index (χ0v) is 11.3. The molecule has 0 aliphatic heterocycles. The summed E-state index contributed by atoms with van der Waals surface area (Å²) in [5.74, 6) is -1.14. The molecule has 0 bridgehead atoms. The second kappa shape index (κ2) is 4.28. The molecule has 1 N–H and O–H groups in total. The van der Waals surface area contributed by atoms with Gasteiger partial charge >= 0.3 is 7.60 Å². The number of aliphatic hydroxyl groups is 1. The van der Waals surface area contributed by atoms with Gasteiger partial charge in [-0.3, -0.25) is 9.36 Å². The maximum atomic E-state index is 12.5. The number of hydrogen-bond donors (Lipinski definition) is 1. The predicted octanol–water partition coefficient (Wildman–Crippen LogP) is 2.15. The summed E-state index contributed by atoms with van der Waals surface area (Å²) in [6, 6.07) is 6.54. The highest BCUT2D eigenvalue weighted by Crippen LogP contribution is 2.68. The van der Waals surface area contributed by atoms with Crippen LogP contribution >= 0.6 is 7.60 Å². The highest BCUT2D eigenvalue weighted by molar-refractivity contribution is 7.55. The molecule has 18 heavy (non-hydrogen) atoms. The molecule has 0 spiro atoms. The summed E-state index contributed by atoms with van der Waals surface area (Å²) in [5.41, 5.74) is 0.663. The van der Waals surface area contributed by atoms with Crippen LogP contribution in [-0.2, 0) is 19.0 Å². The van der Waals surface area contributed by atoms with E-state index in [1.807, 2.05) is 0 Å². The lowest BCUT2D eigenvalue weighted by molar-refractivity contribution is 0.0375. The molecule has 98 valence electrons.